The molecule has 0 spiro atoms. The van der Waals surface area contributed by atoms with Gasteiger partial charge in [-0.3, -0.25) is 4.79 Å². The van der Waals surface area contributed by atoms with Crippen LogP contribution in [0.2, 0.25) is 10.0 Å². The number of rotatable bonds is 5. The molecule has 9 heteroatoms. The molecule has 0 aliphatic heterocycles. The largest absolute Gasteiger partial charge is 0.323 e. The molecule has 0 aliphatic carbocycles. The fourth-order valence-corrected chi connectivity index (χ4v) is 3.88. The van der Waals surface area contributed by atoms with E-state index in [0.717, 1.165) is 11.1 Å². The first-order valence-corrected chi connectivity index (χ1v) is 9.98. The van der Waals surface area contributed by atoms with Crippen molar-refractivity contribution in [1.29, 1.82) is 0 Å². The van der Waals surface area contributed by atoms with Gasteiger partial charge in [-0.15, -0.1) is 0 Å². The SMILES string of the molecule is O=C(CSc1ncnc2c1cnn2-c1ccccc1)Nc1c(Cl)cccc1Cl. The fraction of sp³-hybridized carbons (Fsp3) is 0.0526. The van der Waals surface area contributed by atoms with Gasteiger partial charge in [-0.2, -0.15) is 5.10 Å². The number of amides is 1. The Morgan fingerprint density at radius 1 is 1.04 bits per heavy atom. The predicted octanol–water partition coefficient (Wildman–Crippen LogP) is 4.85. The number of nitrogens with one attached hydrogen (secondary N) is 1. The summed E-state index contributed by atoms with van der Waals surface area (Å²) >= 11 is 13.5. The molecule has 1 amide bonds. The van der Waals surface area contributed by atoms with Gasteiger partial charge in [0.2, 0.25) is 5.91 Å². The maximum Gasteiger partial charge on any atom is 0.234 e. The minimum absolute atomic E-state index is 0.143. The molecule has 4 rings (SSSR count). The average Bonchev–Trinajstić information content (AvgIpc) is 3.15. The van der Waals surface area contributed by atoms with Gasteiger partial charge in [0, 0.05) is 0 Å². The van der Waals surface area contributed by atoms with E-state index in [4.69, 9.17) is 23.2 Å². The molecule has 0 saturated heterocycles. The monoisotopic (exact) mass is 429 g/mol. The van der Waals surface area contributed by atoms with E-state index in [9.17, 15) is 4.79 Å². The van der Waals surface area contributed by atoms with E-state index in [1.165, 1.54) is 18.1 Å². The number of aromatic nitrogens is 4. The highest BCUT2D eigenvalue weighted by Gasteiger charge is 2.14. The van der Waals surface area contributed by atoms with Crippen molar-refractivity contribution >= 4 is 57.6 Å². The summed E-state index contributed by atoms with van der Waals surface area (Å²) in [5.74, 6) is -0.0910. The summed E-state index contributed by atoms with van der Waals surface area (Å²) in [6, 6.07) is 14.8. The third-order valence-corrected chi connectivity index (χ3v) is 5.53. The number of para-hydroxylation sites is 2. The van der Waals surface area contributed by atoms with Crippen LogP contribution in [0.15, 0.2) is 66.1 Å². The van der Waals surface area contributed by atoms with E-state index in [2.05, 4.69) is 20.4 Å². The number of hydrogen-bond donors (Lipinski definition) is 1. The summed E-state index contributed by atoms with van der Waals surface area (Å²) in [7, 11) is 0. The number of carbonyl (C=O) groups excluding carboxylic acids is 1. The van der Waals surface area contributed by atoms with Gasteiger partial charge in [0.25, 0.3) is 0 Å². The number of fused-ring (bicyclic) bond motifs is 1. The second kappa shape index (κ2) is 8.18. The molecule has 2 heterocycles. The highest BCUT2D eigenvalue weighted by Crippen LogP contribution is 2.30. The average molecular weight is 430 g/mol. The van der Waals surface area contributed by atoms with Crippen LogP contribution in [0.4, 0.5) is 5.69 Å². The Morgan fingerprint density at radius 2 is 1.79 bits per heavy atom. The first-order valence-electron chi connectivity index (χ1n) is 8.24. The van der Waals surface area contributed by atoms with Gasteiger partial charge in [0.05, 0.1) is 38.8 Å². The predicted molar refractivity (Wildman–Crippen MR) is 112 cm³/mol. The van der Waals surface area contributed by atoms with Crippen molar-refractivity contribution in [3.05, 3.63) is 71.1 Å². The normalized spacial score (nSPS) is 10.9. The summed E-state index contributed by atoms with van der Waals surface area (Å²) < 4.78 is 1.74. The molecule has 0 aliphatic rings. The summed E-state index contributed by atoms with van der Waals surface area (Å²) in [5, 5.41) is 9.38. The quantitative estimate of drug-likeness (QED) is 0.362. The third kappa shape index (κ3) is 3.82. The Hall–Kier alpha value is -2.61. The van der Waals surface area contributed by atoms with Crippen molar-refractivity contribution < 1.29 is 4.79 Å². The fourth-order valence-electron chi connectivity index (χ4n) is 2.62. The van der Waals surface area contributed by atoms with Crippen LogP contribution in [0.5, 0.6) is 0 Å². The Morgan fingerprint density at radius 3 is 2.54 bits per heavy atom. The molecule has 0 fully saturated rings. The molecular weight excluding hydrogens is 417 g/mol. The summed E-state index contributed by atoms with van der Waals surface area (Å²) in [6.07, 6.45) is 3.17. The molecule has 0 atom stereocenters. The molecule has 1 N–H and O–H groups in total. The maximum absolute atomic E-state index is 12.3. The lowest BCUT2D eigenvalue weighted by molar-refractivity contribution is -0.113. The molecule has 6 nitrogen and oxygen atoms in total. The number of benzene rings is 2. The number of hydrogen-bond acceptors (Lipinski definition) is 5. The first-order chi connectivity index (χ1) is 13.6. The van der Waals surface area contributed by atoms with Crippen molar-refractivity contribution in [1.82, 2.24) is 19.7 Å². The van der Waals surface area contributed by atoms with Crippen molar-refractivity contribution in [2.45, 2.75) is 5.03 Å². The van der Waals surface area contributed by atoms with Gasteiger partial charge in [-0.25, -0.2) is 14.6 Å². The first kappa shape index (κ1) is 18.7. The zero-order valence-corrected chi connectivity index (χ0v) is 16.7. The van der Waals surface area contributed by atoms with Gasteiger partial charge in [-0.1, -0.05) is 59.2 Å². The maximum atomic E-state index is 12.3. The van der Waals surface area contributed by atoms with E-state index in [0.29, 0.717) is 26.4 Å². The molecule has 2 aromatic carbocycles. The molecule has 140 valence electrons. The summed E-state index contributed by atoms with van der Waals surface area (Å²) in [4.78, 5) is 21.0. The Kier molecular flexibility index (Phi) is 5.47. The molecule has 0 bridgehead atoms. The van der Waals surface area contributed by atoms with Crippen molar-refractivity contribution in [2.75, 3.05) is 11.1 Å². The molecular formula is C19H13Cl2N5OS. The number of halogens is 2. The van der Waals surface area contributed by atoms with Crippen molar-refractivity contribution in [3.8, 4) is 5.69 Å². The second-order valence-corrected chi connectivity index (χ2v) is 7.52. The van der Waals surface area contributed by atoms with E-state index in [1.807, 2.05) is 30.3 Å². The Labute approximate surface area is 174 Å². The van der Waals surface area contributed by atoms with Crippen LogP contribution < -0.4 is 5.32 Å². The van der Waals surface area contributed by atoms with Crippen LogP contribution >= 0.6 is 35.0 Å². The highest BCUT2D eigenvalue weighted by molar-refractivity contribution is 8.00. The van der Waals surface area contributed by atoms with E-state index >= 15 is 0 Å². The molecule has 0 radical (unpaired) electrons. The van der Waals surface area contributed by atoms with Gasteiger partial charge >= 0.3 is 0 Å². The lowest BCUT2D eigenvalue weighted by Gasteiger charge is -2.09. The van der Waals surface area contributed by atoms with Gasteiger partial charge in [0.1, 0.15) is 11.4 Å². The van der Waals surface area contributed by atoms with Gasteiger partial charge in [0.15, 0.2) is 5.65 Å². The molecule has 28 heavy (non-hydrogen) atoms. The smallest absolute Gasteiger partial charge is 0.234 e. The van der Waals surface area contributed by atoms with Crippen molar-refractivity contribution in [2.24, 2.45) is 0 Å². The van der Waals surface area contributed by atoms with Crippen LogP contribution in [-0.4, -0.2) is 31.4 Å². The van der Waals surface area contributed by atoms with E-state index < -0.39 is 0 Å². The lowest BCUT2D eigenvalue weighted by atomic mass is 10.3. The highest BCUT2D eigenvalue weighted by atomic mass is 35.5. The number of thioether (sulfide) groups is 1. The van der Waals surface area contributed by atoms with Crippen LogP contribution in [0.25, 0.3) is 16.7 Å². The summed E-state index contributed by atoms with van der Waals surface area (Å²) in [5.41, 5.74) is 1.98. The lowest BCUT2D eigenvalue weighted by Crippen LogP contribution is -2.14. The number of nitrogens with zero attached hydrogens (tertiary/aromatic N) is 4. The van der Waals surface area contributed by atoms with Gasteiger partial charge < -0.3 is 5.32 Å². The second-order valence-electron chi connectivity index (χ2n) is 5.74. The van der Waals surface area contributed by atoms with E-state index in [1.54, 1.807) is 29.1 Å². The van der Waals surface area contributed by atoms with Crippen LogP contribution in [0, 0.1) is 0 Å². The topological polar surface area (TPSA) is 72.7 Å². The minimum Gasteiger partial charge on any atom is -0.323 e. The van der Waals surface area contributed by atoms with Crippen molar-refractivity contribution in [3.63, 3.8) is 0 Å². The number of carbonyl (C=O) groups is 1. The Balaban J connectivity index is 1.53. The van der Waals surface area contributed by atoms with Crippen LogP contribution in [0.1, 0.15) is 0 Å². The third-order valence-electron chi connectivity index (χ3n) is 3.90. The minimum atomic E-state index is -0.234. The molecule has 0 unspecified atom stereocenters. The molecule has 0 saturated carbocycles. The number of anilines is 1. The molecule has 2 aromatic heterocycles. The molecule has 4 aromatic rings. The van der Waals surface area contributed by atoms with Crippen LogP contribution in [-0.2, 0) is 4.79 Å². The standard InChI is InChI=1S/C19H13Cl2N5OS/c20-14-7-4-8-15(21)17(14)25-16(27)10-28-19-13-9-24-26(18(13)22-11-23-19)12-5-2-1-3-6-12/h1-9,11H,10H2,(H,25,27). The Bertz CT molecular complexity index is 1130. The van der Waals surface area contributed by atoms with Crippen LogP contribution in [0.3, 0.4) is 0 Å². The van der Waals surface area contributed by atoms with E-state index in [-0.39, 0.29) is 11.7 Å². The zero-order valence-electron chi connectivity index (χ0n) is 14.3. The zero-order chi connectivity index (χ0) is 19.5. The summed E-state index contributed by atoms with van der Waals surface area (Å²) in [6.45, 7) is 0. The van der Waals surface area contributed by atoms with Gasteiger partial charge in [-0.05, 0) is 24.3 Å².